The van der Waals surface area contributed by atoms with E-state index in [1.165, 1.54) is 0 Å². The normalized spacial score (nSPS) is 15.0. The van der Waals surface area contributed by atoms with Gasteiger partial charge < -0.3 is 9.64 Å². The van der Waals surface area contributed by atoms with Crippen LogP contribution in [0.2, 0.25) is 0 Å². The summed E-state index contributed by atoms with van der Waals surface area (Å²) in [4.78, 5) is 31.9. The number of ether oxygens (including phenoxy) is 1. The fourth-order valence-corrected chi connectivity index (χ4v) is 4.60. The highest BCUT2D eigenvalue weighted by atomic mass is 32.2. The van der Waals surface area contributed by atoms with Crippen molar-refractivity contribution in [3.63, 3.8) is 0 Å². The molecule has 0 radical (unpaired) electrons. The number of aryl methyl sites for hydroxylation is 1. The number of carbonyl (C=O) groups excluding carboxylic acids is 2. The van der Waals surface area contributed by atoms with E-state index in [0.717, 1.165) is 21.3 Å². The lowest BCUT2D eigenvalue weighted by molar-refractivity contribution is -0.149. The summed E-state index contributed by atoms with van der Waals surface area (Å²) in [6, 6.07) is 7.74. The number of esters is 1. The molecule has 1 fully saturated rings. The quantitative estimate of drug-likeness (QED) is 0.534. The van der Waals surface area contributed by atoms with Crippen molar-refractivity contribution in [3.05, 3.63) is 45.9 Å². The van der Waals surface area contributed by atoms with Crippen molar-refractivity contribution in [2.75, 3.05) is 19.7 Å². The number of thioether (sulfide) groups is 1. The van der Waals surface area contributed by atoms with Crippen LogP contribution in [0.3, 0.4) is 0 Å². The zero-order chi connectivity index (χ0) is 19.2. The number of hydrogen-bond donors (Lipinski definition) is 0. The Balaban J connectivity index is 1.51. The van der Waals surface area contributed by atoms with Gasteiger partial charge in [0.2, 0.25) is 0 Å². The van der Waals surface area contributed by atoms with Crippen LogP contribution in [0.15, 0.2) is 34.5 Å². The van der Waals surface area contributed by atoms with Gasteiger partial charge in [0.05, 0.1) is 23.2 Å². The van der Waals surface area contributed by atoms with Crippen molar-refractivity contribution in [2.45, 2.75) is 37.3 Å². The Morgan fingerprint density at radius 2 is 1.96 bits per heavy atom. The summed E-state index contributed by atoms with van der Waals surface area (Å²) in [6.45, 7) is 5.43. The molecule has 1 aliphatic rings. The molecule has 0 atom stereocenters. The summed E-state index contributed by atoms with van der Waals surface area (Å²) < 4.78 is 5.08. The minimum absolute atomic E-state index is 0.0315. The van der Waals surface area contributed by atoms with Gasteiger partial charge in [-0.15, -0.1) is 23.1 Å². The molecule has 3 rings (SSSR count). The van der Waals surface area contributed by atoms with Gasteiger partial charge in [-0.3, -0.25) is 9.59 Å². The van der Waals surface area contributed by atoms with Gasteiger partial charge in [0.15, 0.2) is 0 Å². The molecule has 1 saturated heterocycles. The highest BCUT2D eigenvalue weighted by Crippen LogP contribution is 2.25. The number of carbonyl (C=O) groups is 2. The molecule has 5 nitrogen and oxygen atoms in total. The van der Waals surface area contributed by atoms with Crippen LogP contribution in [0.5, 0.6) is 0 Å². The molecular weight excluding hydrogens is 380 g/mol. The predicted octanol–water partition coefficient (Wildman–Crippen LogP) is 4.16. The van der Waals surface area contributed by atoms with Crippen molar-refractivity contribution in [2.24, 2.45) is 5.92 Å². The molecule has 0 N–H and O–H groups in total. The second kappa shape index (κ2) is 9.37. The zero-order valence-corrected chi connectivity index (χ0v) is 17.3. The standard InChI is InChI=1S/C20H24N2O3S2/c1-3-25-20(24)16-8-10-22(11-9-16)19(23)15-4-6-18(7-5-15)27-13-17-12-26-14(2)21-17/h4-7,12,16H,3,8-11,13H2,1-2H3. The van der Waals surface area contributed by atoms with Crippen LogP contribution < -0.4 is 0 Å². The fraction of sp³-hybridized carbons (Fsp3) is 0.450. The number of aromatic nitrogens is 1. The lowest BCUT2D eigenvalue weighted by Gasteiger charge is -2.31. The summed E-state index contributed by atoms with van der Waals surface area (Å²) in [5, 5.41) is 3.17. The van der Waals surface area contributed by atoms with E-state index in [4.69, 9.17) is 4.74 Å². The first-order chi connectivity index (χ1) is 13.1. The maximum absolute atomic E-state index is 12.7. The van der Waals surface area contributed by atoms with Gasteiger partial charge in [0.25, 0.3) is 5.91 Å². The van der Waals surface area contributed by atoms with E-state index in [1.807, 2.05) is 43.0 Å². The first kappa shape index (κ1) is 19.9. The highest BCUT2D eigenvalue weighted by Gasteiger charge is 2.28. The molecule has 1 amide bonds. The van der Waals surface area contributed by atoms with Gasteiger partial charge in [-0.05, 0) is 51.0 Å². The van der Waals surface area contributed by atoms with Gasteiger partial charge in [0, 0.05) is 34.7 Å². The summed E-state index contributed by atoms with van der Waals surface area (Å²) in [5.74, 6) is 0.645. The third-order valence-corrected chi connectivity index (χ3v) is 6.42. The maximum atomic E-state index is 12.7. The molecule has 1 aliphatic heterocycles. The lowest BCUT2D eigenvalue weighted by Crippen LogP contribution is -2.40. The van der Waals surface area contributed by atoms with E-state index >= 15 is 0 Å². The largest absolute Gasteiger partial charge is 0.466 e. The van der Waals surface area contributed by atoms with Crippen LogP contribution in [0.1, 0.15) is 40.8 Å². The Morgan fingerprint density at radius 3 is 2.56 bits per heavy atom. The van der Waals surface area contributed by atoms with Crippen LogP contribution in [-0.2, 0) is 15.3 Å². The fourth-order valence-electron chi connectivity index (χ4n) is 3.09. The summed E-state index contributed by atoms with van der Waals surface area (Å²) >= 11 is 3.38. The van der Waals surface area contributed by atoms with Crippen molar-refractivity contribution >= 4 is 35.0 Å². The summed E-state index contributed by atoms with van der Waals surface area (Å²) in [5.41, 5.74) is 1.78. The molecule has 2 heterocycles. The molecule has 1 aromatic carbocycles. The molecule has 7 heteroatoms. The minimum atomic E-state index is -0.138. The average Bonchev–Trinajstić information content (AvgIpc) is 3.12. The molecule has 144 valence electrons. The van der Waals surface area contributed by atoms with Crippen molar-refractivity contribution in [1.29, 1.82) is 0 Å². The second-order valence-corrected chi connectivity index (χ2v) is 8.60. The summed E-state index contributed by atoms with van der Waals surface area (Å²) in [6.07, 6.45) is 1.34. The van der Waals surface area contributed by atoms with E-state index < -0.39 is 0 Å². The van der Waals surface area contributed by atoms with E-state index in [-0.39, 0.29) is 17.8 Å². The smallest absolute Gasteiger partial charge is 0.309 e. The number of thiazole rings is 1. The van der Waals surface area contributed by atoms with Gasteiger partial charge in [-0.1, -0.05) is 0 Å². The number of amides is 1. The van der Waals surface area contributed by atoms with Gasteiger partial charge in [-0.2, -0.15) is 0 Å². The van der Waals surface area contributed by atoms with Gasteiger partial charge in [-0.25, -0.2) is 4.98 Å². The highest BCUT2D eigenvalue weighted by molar-refractivity contribution is 7.98. The van der Waals surface area contributed by atoms with E-state index in [1.54, 1.807) is 23.1 Å². The number of rotatable bonds is 6. The maximum Gasteiger partial charge on any atom is 0.309 e. The average molecular weight is 405 g/mol. The van der Waals surface area contributed by atoms with Crippen molar-refractivity contribution in [1.82, 2.24) is 9.88 Å². The molecule has 0 saturated carbocycles. The van der Waals surface area contributed by atoms with Crippen LogP contribution in [0.25, 0.3) is 0 Å². The van der Waals surface area contributed by atoms with E-state index in [2.05, 4.69) is 10.4 Å². The van der Waals surface area contributed by atoms with Crippen LogP contribution in [-0.4, -0.2) is 41.5 Å². The number of nitrogens with zero attached hydrogens (tertiary/aromatic N) is 2. The number of hydrogen-bond acceptors (Lipinski definition) is 6. The number of benzene rings is 1. The molecule has 1 aromatic heterocycles. The lowest BCUT2D eigenvalue weighted by atomic mass is 9.96. The topological polar surface area (TPSA) is 59.5 Å². The third kappa shape index (κ3) is 5.32. The Kier molecular flexibility index (Phi) is 6.90. The van der Waals surface area contributed by atoms with E-state index in [0.29, 0.717) is 38.1 Å². The monoisotopic (exact) mass is 404 g/mol. The molecular formula is C20H24N2O3S2. The number of piperidine rings is 1. The van der Waals surface area contributed by atoms with Gasteiger partial charge >= 0.3 is 5.97 Å². The van der Waals surface area contributed by atoms with Crippen molar-refractivity contribution in [3.8, 4) is 0 Å². The molecule has 27 heavy (non-hydrogen) atoms. The van der Waals surface area contributed by atoms with E-state index in [9.17, 15) is 9.59 Å². The van der Waals surface area contributed by atoms with Gasteiger partial charge in [0.1, 0.15) is 0 Å². The first-order valence-corrected chi connectivity index (χ1v) is 11.0. The molecule has 0 aliphatic carbocycles. The minimum Gasteiger partial charge on any atom is -0.466 e. The molecule has 0 bridgehead atoms. The van der Waals surface area contributed by atoms with Crippen LogP contribution >= 0.6 is 23.1 Å². The number of likely N-dealkylation sites (tertiary alicyclic amines) is 1. The molecule has 2 aromatic rings. The first-order valence-electron chi connectivity index (χ1n) is 9.16. The molecule has 0 unspecified atom stereocenters. The third-order valence-electron chi connectivity index (χ3n) is 4.56. The SMILES string of the molecule is CCOC(=O)C1CCN(C(=O)c2ccc(SCc3csc(C)n3)cc2)CC1. The van der Waals surface area contributed by atoms with Crippen LogP contribution in [0, 0.1) is 12.8 Å². The Labute approximate surface area is 168 Å². The summed E-state index contributed by atoms with van der Waals surface area (Å²) in [7, 11) is 0. The second-order valence-electron chi connectivity index (χ2n) is 6.49. The zero-order valence-electron chi connectivity index (χ0n) is 15.6. The van der Waals surface area contributed by atoms with Crippen LogP contribution in [0.4, 0.5) is 0 Å². The predicted molar refractivity (Wildman–Crippen MR) is 108 cm³/mol. The Morgan fingerprint density at radius 1 is 1.26 bits per heavy atom. The van der Waals surface area contributed by atoms with Crippen molar-refractivity contribution < 1.29 is 14.3 Å². The Bertz CT molecular complexity index is 781. The Hall–Kier alpha value is -1.86. The molecule has 0 spiro atoms.